The number of ether oxygens (including phenoxy) is 1. The molecule has 1 saturated heterocycles. The van der Waals surface area contributed by atoms with Gasteiger partial charge in [0.05, 0.1) is 13.2 Å². The molecule has 7 heteroatoms. The summed E-state index contributed by atoms with van der Waals surface area (Å²) in [6, 6.07) is 14.6. The van der Waals surface area contributed by atoms with Crippen LogP contribution < -0.4 is 15.4 Å². The average molecular weight is 436 g/mol. The number of imide groups is 1. The summed E-state index contributed by atoms with van der Waals surface area (Å²) >= 11 is 0. The van der Waals surface area contributed by atoms with Crippen LogP contribution in [0, 0.1) is 5.92 Å². The lowest BCUT2D eigenvalue weighted by atomic mass is 9.91. The molecule has 1 fully saturated rings. The SMILES string of the molecule is COc1ccc2c(c1)[C@]1(CC2)NC(=O)N(CC(=O)N[C@H](CC(C)C)c2ccccc2)C1=O. The summed E-state index contributed by atoms with van der Waals surface area (Å²) in [7, 11) is 1.56. The second-order valence-corrected chi connectivity index (χ2v) is 8.91. The van der Waals surface area contributed by atoms with Gasteiger partial charge in [0, 0.05) is 0 Å². The highest BCUT2D eigenvalue weighted by atomic mass is 16.5. The van der Waals surface area contributed by atoms with Crippen LogP contribution in [-0.4, -0.2) is 36.4 Å². The van der Waals surface area contributed by atoms with Crippen LogP contribution in [-0.2, 0) is 21.5 Å². The maximum atomic E-state index is 13.4. The molecule has 2 aromatic carbocycles. The molecule has 2 aromatic rings. The molecule has 1 aliphatic heterocycles. The molecule has 0 bridgehead atoms. The van der Waals surface area contributed by atoms with Crippen LogP contribution in [0.15, 0.2) is 48.5 Å². The molecule has 168 valence electrons. The number of amides is 4. The van der Waals surface area contributed by atoms with E-state index in [-0.39, 0.29) is 24.4 Å². The Morgan fingerprint density at radius 3 is 2.62 bits per heavy atom. The van der Waals surface area contributed by atoms with Crippen molar-refractivity contribution in [1.29, 1.82) is 0 Å². The van der Waals surface area contributed by atoms with Crippen molar-refractivity contribution in [2.45, 2.75) is 44.7 Å². The Hall–Kier alpha value is -3.35. The average Bonchev–Trinajstić information content (AvgIpc) is 3.26. The molecule has 1 spiro atoms. The van der Waals surface area contributed by atoms with Crippen molar-refractivity contribution in [3.05, 3.63) is 65.2 Å². The fraction of sp³-hybridized carbons (Fsp3) is 0.400. The molecule has 4 amide bonds. The van der Waals surface area contributed by atoms with E-state index in [0.29, 0.717) is 24.5 Å². The van der Waals surface area contributed by atoms with Crippen molar-refractivity contribution in [3.63, 3.8) is 0 Å². The van der Waals surface area contributed by atoms with Gasteiger partial charge >= 0.3 is 6.03 Å². The van der Waals surface area contributed by atoms with Crippen molar-refractivity contribution in [2.75, 3.05) is 13.7 Å². The van der Waals surface area contributed by atoms with Gasteiger partial charge in [0.15, 0.2) is 0 Å². The molecule has 0 radical (unpaired) electrons. The van der Waals surface area contributed by atoms with Crippen molar-refractivity contribution in [2.24, 2.45) is 5.92 Å². The van der Waals surface area contributed by atoms with Gasteiger partial charge in [0.1, 0.15) is 17.8 Å². The first kappa shape index (κ1) is 21.9. The Morgan fingerprint density at radius 2 is 1.94 bits per heavy atom. The van der Waals surface area contributed by atoms with Gasteiger partial charge in [0.25, 0.3) is 5.91 Å². The molecule has 0 unspecified atom stereocenters. The van der Waals surface area contributed by atoms with Gasteiger partial charge in [-0.05, 0) is 54.0 Å². The van der Waals surface area contributed by atoms with Crippen LogP contribution in [0.25, 0.3) is 0 Å². The van der Waals surface area contributed by atoms with E-state index < -0.39 is 11.6 Å². The van der Waals surface area contributed by atoms with Gasteiger partial charge < -0.3 is 15.4 Å². The van der Waals surface area contributed by atoms with E-state index in [0.717, 1.165) is 28.0 Å². The van der Waals surface area contributed by atoms with Crippen LogP contribution in [0.3, 0.4) is 0 Å². The predicted octanol–water partition coefficient (Wildman–Crippen LogP) is 3.29. The van der Waals surface area contributed by atoms with Crippen molar-refractivity contribution in [3.8, 4) is 5.75 Å². The van der Waals surface area contributed by atoms with E-state index in [4.69, 9.17) is 4.74 Å². The molecule has 7 nitrogen and oxygen atoms in total. The maximum absolute atomic E-state index is 13.4. The summed E-state index contributed by atoms with van der Waals surface area (Å²) in [6.45, 7) is 3.87. The smallest absolute Gasteiger partial charge is 0.325 e. The van der Waals surface area contributed by atoms with E-state index >= 15 is 0 Å². The lowest BCUT2D eigenvalue weighted by Gasteiger charge is -2.24. The molecule has 4 rings (SSSR count). The molecule has 2 aliphatic rings. The first-order chi connectivity index (χ1) is 15.3. The Bertz CT molecular complexity index is 1040. The van der Waals surface area contributed by atoms with Crippen molar-refractivity contribution < 1.29 is 19.1 Å². The molecule has 1 aliphatic carbocycles. The molecule has 0 aromatic heterocycles. The van der Waals surface area contributed by atoms with E-state index in [1.54, 1.807) is 13.2 Å². The number of urea groups is 1. The number of carbonyl (C=O) groups is 3. The van der Waals surface area contributed by atoms with Crippen molar-refractivity contribution >= 4 is 17.8 Å². The minimum atomic E-state index is -1.13. The summed E-state index contributed by atoms with van der Waals surface area (Å²) in [5.74, 6) is 0.252. The Labute approximate surface area is 188 Å². The fourth-order valence-corrected chi connectivity index (χ4v) is 4.70. The summed E-state index contributed by atoms with van der Waals surface area (Å²) in [5.41, 5.74) is 1.63. The van der Waals surface area contributed by atoms with Gasteiger partial charge in [-0.3, -0.25) is 14.5 Å². The number of hydrogen-bond donors (Lipinski definition) is 2. The summed E-state index contributed by atoms with van der Waals surface area (Å²) in [4.78, 5) is 40.1. The standard InChI is InChI=1S/C25H29N3O4/c1-16(2)13-21(18-7-5-4-6-8-18)26-22(29)15-28-23(30)25(27-24(28)31)12-11-17-9-10-19(32-3)14-20(17)25/h4-10,14,16,21H,11-13,15H2,1-3H3,(H,26,29)(H,27,31)/t21-,25+/m1/s1. The van der Waals surface area contributed by atoms with Gasteiger partial charge in [-0.1, -0.05) is 50.2 Å². The first-order valence-electron chi connectivity index (χ1n) is 11.0. The zero-order valence-electron chi connectivity index (χ0n) is 18.7. The highest BCUT2D eigenvalue weighted by Crippen LogP contribution is 2.42. The van der Waals surface area contributed by atoms with Crippen LogP contribution in [0.5, 0.6) is 5.75 Å². The quantitative estimate of drug-likeness (QED) is 0.654. The highest BCUT2D eigenvalue weighted by molar-refractivity contribution is 6.10. The maximum Gasteiger partial charge on any atom is 0.325 e. The minimum absolute atomic E-state index is 0.185. The van der Waals surface area contributed by atoms with Crippen LogP contribution >= 0.6 is 0 Å². The number of hydrogen-bond acceptors (Lipinski definition) is 4. The Balaban J connectivity index is 1.51. The molecule has 2 N–H and O–H groups in total. The number of benzene rings is 2. The Morgan fingerprint density at radius 1 is 1.19 bits per heavy atom. The summed E-state index contributed by atoms with van der Waals surface area (Å²) < 4.78 is 5.31. The Kier molecular flexibility index (Phi) is 5.91. The van der Waals surface area contributed by atoms with Gasteiger partial charge in [-0.25, -0.2) is 4.79 Å². The van der Waals surface area contributed by atoms with Crippen LogP contribution in [0.4, 0.5) is 4.79 Å². The molecule has 0 saturated carbocycles. The van der Waals surface area contributed by atoms with Gasteiger partial charge in [-0.2, -0.15) is 0 Å². The first-order valence-corrected chi connectivity index (χ1v) is 11.0. The van der Waals surface area contributed by atoms with Gasteiger partial charge in [0.2, 0.25) is 5.91 Å². The topological polar surface area (TPSA) is 87.7 Å². The number of methoxy groups -OCH3 is 1. The fourth-order valence-electron chi connectivity index (χ4n) is 4.70. The zero-order valence-corrected chi connectivity index (χ0v) is 18.7. The van der Waals surface area contributed by atoms with E-state index in [9.17, 15) is 14.4 Å². The third-order valence-electron chi connectivity index (χ3n) is 6.27. The number of nitrogens with zero attached hydrogens (tertiary/aromatic N) is 1. The largest absolute Gasteiger partial charge is 0.497 e. The van der Waals surface area contributed by atoms with E-state index in [2.05, 4.69) is 24.5 Å². The third kappa shape index (κ3) is 3.95. The van der Waals surface area contributed by atoms with E-state index in [1.165, 1.54) is 0 Å². The predicted molar refractivity (Wildman–Crippen MR) is 120 cm³/mol. The normalized spacial score (nSPS) is 20.4. The molecular weight excluding hydrogens is 406 g/mol. The minimum Gasteiger partial charge on any atom is -0.497 e. The lowest BCUT2D eigenvalue weighted by molar-refractivity contribution is -0.135. The second kappa shape index (κ2) is 8.65. The molecule has 2 atom stereocenters. The van der Waals surface area contributed by atoms with E-state index in [1.807, 2.05) is 42.5 Å². The number of aryl methyl sites for hydroxylation is 1. The van der Waals surface area contributed by atoms with Crippen LogP contribution in [0.2, 0.25) is 0 Å². The number of rotatable bonds is 7. The second-order valence-electron chi connectivity index (χ2n) is 8.91. The highest BCUT2D eigenvalue weighted by Gasteiger charge is 2.55. The summed E-state index contributed by atoms with van der Waals surface area (Å²) in [5, 5.41) is 5.88. The number of carbonyl (C=O) groups excluding carboxylic acids is 3. The lowest BCUT2D eigenvalue weighted by Crippen LogP contribution is -2.44. The number of fused-ring (bicyclic) bond motifs is 2. The number of nitrogens with one attached hydrogen (secondary N) is 2. The van der Waals surface area contributed by atoms with Gasteiger partial charge in [-0.15, -0.1) is 0 Å². The summed E-state index contributed by atoms with van der Waals surface area (Å²) in [6.07, 6.45) is 1.90. The third-order valence-corrected chi connectivity index (χ3v) is 6.27. The van der Waals surface area contributed by atoms with Crippen molar-refractivity contribution in [1.82, 2.24) is 15.5 Å². The molecule has 1 heterocycles. The zero-order chi connectivity index (χ0) is 22.9. The van der Waals surface area contributed by atoms with Crippen LogP contribution in [0.1, 0.15) is 49.4 Å². The monoisotopic (exact) mass is 435 g/mol. The molecule has 32 heavy (non-hydrogen) atoms. The molecular formula is C25H29N3O4.